The van der Waals surface area contributed by atoms with Gasteiger partial charge in [0.25, 0.3) is 0 Å². The van der Waals surface area contributed by atoms with Gasteiger partial charge in [0.2, 0.25) is 12.4 Å². The van der Waals surface area contributed by atoms with E-state index >= 15 is 0 Å². The van der Waals surface area contributed by atoms with Crippen LogP contribution < -0.4 is 30.8 Å². The fourth-order valence-corrected chi connectivity index (χ4v) is 3.86. The predicted molar refractivity (Wildman–Crippen MR) is 144 cm³/mol. The molecule has 1 aliphatic rings. The molecule has 12 nitrogen and oxygen atoms in total. The minimum Gasteiger partial charge on any atom is -0.497 e. The molecule has 1 aliphatic heterocycles. The number of methoxy groups -OCH3 is 1. The van der Waals surface area contributed by atoms with Crippen LogP contribution in [0.5, 0.6) is 11.5 Å². The molecule has 0 aliphatic carbocycles. The van der Waals surface area contributed by atoms with Crippen molar-refractivity contribution < 1.29 is 19.0 Å². The van der Waals surface area contributed by atoms with Crippen LogP contribution in [0.1, 0.15) is 23.6 Å². The van der Waals surface area contributed by atoms with Crippen molar-refractivity contribution in [3.05, 3.63) is 72.1 Å². The highest BCUT2D eigenvalue weighted by Gasteiger charge is 2.24. The average Bonchev–Trinajstić information content (AvgIpc) is 3.45. The summed E-state index contributed by atoms with van der Waals surface area (Å²) in [6, 6.07) is 13.6. The zero-order valence-electron chi connectivity index (χ0n) is 21.1. The summed E-state index contributed by atoms with van der Waals surface area (Å²) < 4.78 is 17.2. The number of hydrogen-bond acceptors (Lipinski definition) is 10. The number of amidine groups is 2. The number of benzene rings is 2. The molecule has 1 unspecified atom stereocenters. The minimum absolute atomic E-state index is 0.0343. The number of carbonyl (C=O) groups excluding carboxylic acids is 1. The van der Waals surface area contributed by atoms with Crippen molar-refractivity contribution in [3.63, 3.8) is 0 Å². The monoisotopic (exact) mass is 518 g/mol. The molecule has 0 spiro atoms. The van der Waals surface area contributed by atoms with E-state index in [1.807, 2.05) is 12.1 Å². The molecule has 2 aromatic carbocycles. The largest absolute Gasteiger partial charge is 0.497 e. The van der Waals surface area contributed by atoms with Gasteiger partial charge in [-0.15, -0.1) is 0 Å². The molecule has 0 radical (unpaired) electrons. The summed E-state index contributed by atoms with van der Waals surface area (Å²) in [4.78, 5) is 20.1. The molecular formula is C26H30N8O4. The lowest BCUT2D eigenvalue weighted by atomic mass is 10.0. The highest BCUT2D eigenvalue weighted by atomic mass is 16.5. The first-order chi connectivity index (χ1) is 18.5. The molecule has 38 heavy (non-hydrogen) atoms. The van der Waals surface area contributed by atoms with Gasteiger partial charge in [-0.05, 0) is 48.0 Å². The summed E-state index contributed by atoms with van der Waals surface area (Å²) in [5.74, 6) is 1.75. The van der Waals surface area contributed by atoms with Crippen LogP contribution >= 0.6 is 0 Å². The van der Waals surface area contributed by atoms with E-state index in [4.69, 9.17) is 25.4 Å². The maximum Gasteiger partial charge on any atom is 0.245 e. The molecule has 5 N–H and O–H groups in total. The Labute approximate surface area is 220 Å². The first kappa shape index (κ1) is 26.4. The third-order valence-corrected chi connectivity index (χ3v) is 5.75. The lowest BCUT2D eigenvalue weighted by Crippen LogP contribution is -2.35. The quantitative estimate of drug-likeness (QED) is 0.129. The van der Waals surface area contributed by atoms with E-state index in [-0.39, 0.29) is 17.8 Å². The van der Waals surface area contributed by atoms with E-state index in [2.05, 4.69) is 25.7 Å². The van der Waals surface area contributed by atoms with Gasteiger partial charge in [0.15, 0.2) is 5.84 Å². The van der Waals surface area contributed by atoms with E-state index in [1.54, 1.807) is 62.9 Å². The lowest BCUT2D eigenvalue weighted by molar-refractivity contribution is -0.108. The summed E-state index contributed by atoms with van der Waals surface area (Å²) in [6.45, 7) is 1.16. The van der Waals surface area contributed by atoms with Crippen LogP contribution in [0, 0.1) is 5.41 Å². The first-order valence-corrected chi connectivity index (χ1v) is 11.9. The van der Waals surface area contributed by atoms with Crippen LogP contribution in [0.25, 0.3) is 0 Å². The molecule has 0 bridgehead atoms. The number of amides is 1. The van der Waals surface area contributed by atoms with Crippen LogP contribution in [0.15, 0.2) is 66.0 Å². The number of hydrogen-bond donors (Lipinski definition) is 4. The van der Waals surface area contributed by atoms with Crippen molar-refractivity contribution in [1.29, 1.82) is 5.41 Å². The number of nitrogens with two attached hydrogens (primary N) is 1. The second-order valence-corrected chi connectivity index (χ2v) is 8.43. The molecule has 3 aromatic rings. The Balaban J connectivity index is 1.76. The smallest absolute Gasteiger partial charge is 0.245 e. The molecule has 2 heterocycles. The van der Waals surface area contributed by atoms with E-state index in [0.717, 1.165) is 6.42 Å². The molecule has 1 amide bonds. The molecule has 2 atom stereocenters. The van der Waals surface area contributed by atoms with Crippen LogP contribution in [-0.4, -0.2) is 61.5 Å². The molecule has 1 saturated heterocycles. The number of nitrogen functional groups attached to an aromatic ring is 1. The van der Waals surface area contributed by atoms with Gasteiger partial charge >= 0.3 is 0 Å². The SMILES string of the molecule is COc1cc(O[C@H]2CCOC2)cc(C(Nc2ccc(C(=N)N)cc2)/C(=N/N(C)c2ncccn2)NC=O)c1. The zero-order valence-corrected chi connectivity index (χ0v) is 21.1. The van der Waals surface area contributed by atoms with Gasteiger partial charge in [0, 0.05) is 43.2 Å². The molecule has 4 rings (SSSR count). The Hall–Kier alpha value is -4.71. The zero-order chi connectivity index (χ0) is 26.9. The summed E-state index contributed by atoms with van der Waals surface area (Å²) in [5.41, 5.74) is 7.61. The van der Waals surface area contributed by atoms with Gasteiger partial charge in [0.05, 0.1) is 20.3 Å². The minimum atomic E-state index is -0.660. The topological polar surface area (TPSA) is 160 Å². The third-order valence-electron chi connectivity index (χ3n) is 5.75. The number of carbonyl (C=O) groups is 1. The van der Waals surface area contributed by atoms with Gasteiger partial charge in [0.1, 0.15) is 29.5 Å². The van der Waals surface area contributed by atoms with Crippen LogP contribution in [0.2, 0.25) is 0 Å². The molecule has 12 heteroatoms. The highest BCUT2D eigenvalue weighted by molar-refractivity contribution is 5.98. The molecule has 1 fully saturated rings. The number of nitrogens with one attached hydrogen (secondary N) is 3. The van der Waals surface area contributed by atoms with Crippen LogP contribution in [0.4, 0.5) is 11.6 Å². The second-order valence-electron chi connectivity index (χ2n) is 8.43. The van der Waals surface area contributed by atoms with Gasteiger partial charge in [-0.1, -0.05) is 0 Å². The van der Waals surface area contributed by atoms with Crippen molar-refractivity contribution in [3.8, 4) is 11.5 Å². The molecule has 1 aromatic heterocycles. The van der Waals surface area contributed by atoms with E-state index in [1.165, 1.54) is 5.01 Å². The Morgan fingerprint density at radius 2 is 1.97 bits per heavy atom. The second kappa shape index (κ2) is 12.5. The van der Waals surface area contributed by atoms with E-state index < -0.39 is 6.04 Å². The number of nitrogens with zero attached hydrogens (tertiary/aromatic N) is 4. The van der Waals surface area contributed by atoms with Gasteiger partial charge in [-0.3, -0.25) is 10.2 Å². The van der Waals surface area contributed by atoms with Crippen molar-refractivity contribution >= 4 is 29.7 Å². The number of aromatic nitrogens is 2. The Kier molecular flexibility index (Phi) is 8.67. The van der Waals surface area contributed by atoms with Crippen molar-refractivity contribution in [1.82, 2.24) is 15.3 Å². The van der Waals surface area contributed by atoms with Gasteiger partial charge in [-0.25, -0.2) is 15.0 Å². The number of rotatable bonds is 11. The summed E-state index contributed by atoms with van der Waals surface area (Å²) in [5, 5.41) is 19.9. The number of anilines is 2. The lowest BCUT2D eigenvalue weighted by Gasteiger charge is -2.25. The molecule has 0 saturated carbocycles. The van der Waals surface area contributed by atoms with E-state index in [0.29, 0.717) is 53.9 Å². The first-order valence-electron chi connectivity index (χ1n) is 11.9. The van der Waals surface area contributed by atoms with Crippen LogP contribution in [-0.2, 0) is 9.53 Å². The van der Waals surface area contributed by atoms with Gasteiger partial charge < -0.3 is 30.6 Å². The van der Waals surface area contributed by atoms with Gasteiger partial charge in [-0.2, -0.15) is 5.10 Å². The Morgan fingerprint density at radius 1 is 1.24 bits per heavy atom. The van der Waals surface area contributed by atoms with Crippen LogP contribution in [0.3, 0.4) is 0 Å². The summed E-state index contributed by atoms with van der Waals surface area (Å²) in [7, 11) is 3.25. The number of ether oxygens (including phenoxy) is 3. The highest BCUT2D eigenvalue weighted by Crippen LogP contribution is 2.31. The molecule has 198 valence electrons. The van der Waals surface area contributed by atoms with Crippen molar-refractivity contribution in [2.24, 2.45) is 10.8 Å². The normalized spacial score (nSPS) is 15.8. The van der Waals surface area contributed by atoms with E-state index in [9.17, 15) is 4.79 Å². The fourth-order valence-electron chi connectivity index (χ4n) is 3.86. The Morgan fingerprint density at radius 3 is 2.61 bits per heavy atom. The standard InChI is InChI=1S/C26H30N8O4/c1-34(26-29-9-3-10-30-26)33-25(31-16-35)23(32-19-6-4-17(5-7-19)24(27)28)18-12-21(36-2)14-22(13-18)38-20-8-11-37-15-20/h3-7,9-10,12-14,16,20,23,32H,8,11,15H2,1-2H3,(H3,27,28)(H,31,33,35)/t20-,23?/m0/s1. The maximum atomic E-state index is 11.7. The summed E-state index contributed by atoms with van der Waals surface area (Å²) >= 11 is 0. The number of hydrazone groups is 1. The fraction of sp³-hybridized carbons (Fsp3) is 0.269. The van der Waals surface area contributed by atoms with Crippen molar-refractivity contribution in [2.45, 2.75) is 18.6 Å². The predicted octanol–water partition coefficient (Wildman–Crippen LogP) is 2.29. The van der Waals surface area contributed by atoms with Crippen molar-refractivity contribution in [2.75, 3.05) is 37.7 Å². The summed E-state index contributed by atoms with van der Waals surface area (Å²) in [6.07, 6.45) is 4.48. The maximum absolute atomic E-state index is 11.7. The average molecular weight is 519 g/mol. The molecular weight excluding hydrogens is 488 g/mol. The Bertz CT molecular complexity index is 1260. The third kappa shape index (κ3) is 6.73.